The first-order chi connectivity index (χ1) is 19.5. The fraction of sp³-hybridized carbons (Fsp3) is 0.483. The van der Waals surface area contributed by atoms with Crippen LogP contribution in [0.4, 0.5) is 14.5 Å². The SMILES string of the molecule is Cn1cnc(C2CC3CC(O)(c4c(F)c(C#CC5(O)CCOC5)nn4C)CC3C2)c1C(=O)Nc1ccc(F)c(Cl)c1. The number of carbonyl (C=O) groups is 1. The molecule has 3 atom stereocenters. The molecule has 1 aliphatic heterocycles. The molecule has 216 valence electrons. The van der Waals surface area contributed by atoms with E-state index in [-0.39, 0.29) is 46.7 Å². The molecule has 3 aliphatic rings. The zero-order chi connectivity index (χ0) is 29.1. The lowest BCUT2D eigenvalue weighted by atomic mass is 9.89. The lowest BCUT2D eigenvalue weighted by Crippen LogP contribution is -2.27. The lowest BCUT2D eigenvalue weighted by Gasteiger charge is -2.25. The molecule has 41 heavy (non-hydrogen) atoms. The minimum Gasteiger partial charge on any atom is -0.383 e. The maximum absolute atomic E-state index is 15.5. The summed E-state index contributed by atoms with van der Waals surface area (Å²) >= 11 is 5.86. The molecule has 1 aromatic carbocycles. The average Bonchev–Trinajstić information content (AvgIpc) is 3.70. The summed E-state index contributed by atoms with van der Waals surface area (Å²) in [6, 6.07) is 3.98. The Bertz CT molecular complexity index is 1570. The van der Waals surface area contributed by atoms with Gasteiger partial charge < -0.3 is 24.8 Å². The Morgan fingerprint density at radius 2 is 1.95 bits per heavy atom. The Kier molecular flexibility index (Phi) is 6.93. The fourth-order valence-electron chi connectivity index (χ4n) is 6.78. The number of aryl methyl sites for hydroxylation is 2. The number of ether oxygens (including phenoxy) is 1. The van der Waals surface area contributed by atoms with Gasteiger partial charge in [0.2, 0.25) is 0 Å². The topological polar surface area (TPSA) is 114 Å². The maximum atomic E-state index is 15.5. The van der Waals surface area contributed by atoms with E-state index < -0.39 is 22.8 Å². The van der Waals surface area contributed by atoms with Crippen molar-refractivity contribution in [3.63, 3.8) is 0 Å². The van der Waals surface area contributed by atoms with Crippen LogP contribution in [0, 0.1) is 35.3 Å². The average molecular weight is 586 g/mol. The van der Waals surface area contributed by atoms with Crippen molar-refractivity contribution in [2.75, 3.05) is 18.5 Å². The van der Waals surface area contributed by atoms with Gasteiger partial charge in [0.15, 0.2) is 17.1 Å². The van der Waals surface area contributed by atoms with Crippen molar-refractivity contribution in [1.82, 2.24) is 19.3 Å². The van der Waals surface area contributed by atoms with Crippen molar-refractivity contribution in [3.8, 4) is 11.8 Å². The first kappa shape index (κ1) is 27.8. The minimum absolute atomic E-state index is 0.0134. The summed E-state index contributed by atoms with van der Waals surface area (Å²) < 4.78 is 37.3. The Balaban J connectivity index is 1.18. The van der Waals surface area contributed by atoms with Gasteiger partial charge in [-0.1, -0.05) is 17.5 Å². The van der Waals surface area contributed by atoms with Gasteiger partial charge in [-0.05, 0) is 61.6 Å². The highest BCUT2D eigenvalue weighted by Gasteiger charge is 2.53. The largest absolute Gasteiger partial charge is 0.383 e. The number of anilines is 1. The summed E-state index contributed by atoms with van der Waals surface area (Å²) in [5, 5.41) is 28.9. The molecular weight excluding hydrogens is 556 g/mol. The Morgan fingerprint density at radius 3 is 2.61 bits per heavy atom. The van der Waals surface area contributed by atoms with Gasteiger partial charge in [0, 0.05) is 32.1 Å². The Hall–Kier alpha value is -3.30. The van der Waals surface area contributed by atoms with Crippen molar-refractivity contribution in [3.05, 3.63) is 64.0 Å². The molecule has 0 bridgehead atoms. The third-order valence-corrected chi connectivity index (χ3v) is 8.92. The zero-order valence-corrected chi connectivity index (χ0v) is 23.4. The molecule has 12 heteroatoms. The van der Waals surface area contributed by atoms with Crippen LogP contribution in [0.1, 0.15) is 65.6 Å². The molecular formula is C29H30ClF2N5O4. The van der Waals surface area contributed by atoms with Gasteiger partial charge in [-0.15, -0.1) is 0 Å². The monoisotopic (exact) mass is 585 g/mol. The van der Waals surface area contributed by atoms with Crippen molar-refractivity contribution in [2.45, 2.75) is 49.2 Å². The van der Waals surface area contributed by atoms with Crippen molar-refractivity contribution < 1.29 is 28.5 Å². The van der Waals surface area contributed by atoms with Gasteiger partial charge in [0.25, 0.3) is 5.91 Å². The van der Waals surface area contributed by atoms with Crippen LogP contribution < -0.4 is 5.32 Å². The molecule has 2 saturated carbocycles. The number of nitrogens with zero attached hydrogens (tertiary/aromatic N) is 4. The lowest BCUT2D eigenvalue weighted by molar-refractivity contribution is 0.0227. The molecule has 2 aliphatic carbocycles. The van der Waals surface area contributed by atoms with Crippen LogP contribution in [0.3, 0.4) is 0 Å². The van der Waals surface area contributed by atoms with E-state index in [9.17, 15) is 19.4 Å². The summed E-state index contributed by atoms with van der Waals surface area (Å²) in [6.45, 7) is 0.453. The van der Waals surface area contributed by atoms with Crippen molar-refractivity contribution >= 4 is 23.2 Å². The van der Waals surface area contributed by atoms with Gasteiger partial charge in [-0.2, -0.15) is 5.10 Å². The smallest absolute Gasteiger partial charge is 0.274 e. The Morgan fingerprint density at radius 1 is 1.22 bits per heavy atom. The second-order valence-corrected chi connectivity index (χ2v) is 11.9. The minimum atomic E-state index is -1.41. The molecule has 1 amide bonds. The second-order valence-electron chi connectivity index (χ2n) is 11.5. The molecule has 3 heterocycles. The summed E-state index contributed by atoms with van der Waals surface area (Å²) in [5.41, 5.74) is -1.32. The number of aliphatic hydroxyl groups is 2. The van der Waals surface area contributed by atoms with E-state index >= 15 is 4.39 Å². The molecule has 0 radical (unpaired) electrons. The third kappa shape index (κ3) is 5.03. The maximum Gasteiger partial charge on any atom is 0.274 e. The number of hydrogen-bond donors (Lipinski definition) is 3. The first-order valence-electron chi connectivity index (χ1n) is 13.5. The number of hydrogen-bond acceptors (Lipinski definition) is 6. The van der Waals surface area contributed by atoms with Gasteiger partial charge in [-0.3, -0.25) is 9.48 Å². The van der Waals surface area contributed by atoms with Gasteiger partial charge in [0.1, 0.15) is 22.8 Å². The summed E-state index contributed by atoms with van der Waals surface area (Å²) in [4.78, 5) is 17.7. The van der Waals surface area contributed by atoms with Gasteiger partial charge in [0.05, 0.1) is 30.3 Å². The van der Waals surface area contributed by atoms with E-state index in [1.807, 2.05) is 0 Å². The van der Waals surface area contributed by atoms with Crippen LogP contribution in [0.15, 0.2) is 24.5 Å². The van der Waals surface area contributed by atoms with Crippen LogP contribution in [-0.2, 0) is 24.4 Å². The van der Waals surface area contributed by atoms with Crippen LogP contribution in [0.5, 0.6) is 0 Å². The van der Waals surface area contributed by atoms with Crippen molar-refractivity contribution in [1.29, 1.82) is 0 Å². The van der Waals surface area contributed by atoms with Gasteiger partial charge >= 0.3 is 0 Å². The van der Waals surface area contributed by atoms with Gasteiger partial charge in [-0.25, -0.2) is 13.8 Å². The van der Waals surface area contributed by atoms with E-state index in [1.165, 1.54) is 22.9 Å². The van der Waals surface area contributed by atoms with Crippen LogP contribution in [0.25, 0.3) is 0 Å². The zero-order valence-electron chi connectivity index (χ0n) is 22.6. The van der Waals surface area contributed by atoms with Crippen LogP contribution >= 0.6 is 11.6 Å². The molecule has 3 unspecified atom stereocenters. The summed E-state index contributed by atoms with van der Waals surface area (Å²) in [5.74, 6) is 3.88. The highest BCUT2D eigenvalue weighted by Crippen LogP contribution is 2.57. The molecule has 3 fully saturated rings. The number of nitrogens with one attached hydrogen (secondary N) is 1. The second kappa shape index (κ2) is 10.2. The number of aromatic nitrogens is 4. The van der Waals surface area contributed by atoms with E-state index in [2.05, 4.69) is 27.2 Å². The number of benzene rings is 1. The first-order valence-corrected chi connectivity index (χ1v) is 13.9. The fourth-order valence-corrected chi connectivity index (χ4v) is 6.96. The number of halogens is 3. The van der Waals surface area contributed by atoms with E-state index in [4.69, 9.17) is 16.3 Å². The highest BCUT2D eigenvalue weighted by atomic mass is 35.5. The summed E-state index contributed by atoms with van der Waals surface area (Å²) in [7, 11) is 3.32. The van der Waals surface area contributed by atoms with E-state index in [0.717, 1.165) is 0 Å². The quantitative estimate of drug-likeness (QED) is 0.403. The van der Waals surface area contributed by atoms with Crippen LogP contribution in [0.2, 0.25) is 5.02 Å². The van der Waals surface area contributed by atoms with Crippen LogP contribution in [-0.4, -0.2) is 54.3 Å². The standard InChI is InChI=1S/C29H30ClF2N5O4/c1-36-15-33-24(25(36)27(38)34-19-3-4-21(31)20(30)11-19)16-9-17-12-29(40,13-18(17)10-16)26-23(32)22(35-37(26)2)5-6-28(39)7-8-41-14-28/h3-4,11,15-18,39-40H,7-10,12-14H2,1-2H3,(H,34,38). The molecule has 3 aromatic rings. The van der Waals surface area contributed by atoms with E-state index in [0.29, 0.717) is 55.8 Å². The number of rotatable bonds is 4. The third-order valence-electron chi connectivity index (χ3n) is 8.63. The predicted molar refractivity (Wildman–Crippen MR) is 145 cm³/mol. The molecule has 2 aromatic heterocycles. The normalized spacial score (nSPS) is 28.9. The molecule has 1 saturated heterocycles. The molecule has 6 rings (SSSR count). The predicted octanol–water partition coefficient (Wildman–Crippen LogP) is 3.63. The summed E-state index contributed by atoms with van der Waals surface area (Å²) in [6.07, 6.45) is 4.00. The molecule has 9 nitrogen and oxygen atoms in total. The Labute approximate surface area is 240 Å². The van der Waals surface area contributed by atoms with E-state index in [1.54, 1.807) is 25.0 Å². The molecule has 3 N–H and O–H groups in total. The highest BCUT2D eigenvalue weighted by molar-refractivity contribution is 6.31. The number of carbonyl (C=O) groups excluding carboxylic acids is 1. The number of fused-ring (bicyclic) bond motifs is 1. The molecule has 0 spiro atoms. The number of imidazole rings is 1. The number of amides is 1. The van der Waals surface area contributed by atoms with Crippen molar-refractivity contribution in [2.24, 2.45) is 25.9 Å².